The first kappa shape index (κ1) is 21.9. The lowest BCUT2D eigenvalue weighted by atomic mass is 10.1. The second kappa shape index (κ2) is 8.93. The monoisotopic (exact) mass is 434 g/mol. The fraction of sp³-hybridized carbons (Fsp3) is 0.333. The Bertz CT molecular complexity index is 1010. The zero-order chi connectivity index (χ0) is 21.9. The number of sulfonamides is 1. The van der Waals surface area contributed by atoms with Crippen LogP contribution in [0, 0.1) is 5.82 Å². The van der Waals surface area contributed by atoms with Crippen molar-refractivity contribution >= 4 is 21.9 Å². The van der Waals surface area contributed by atoms with Crippen LogP contribution in [0.2, 0.25) is 0 Å². The lowest BCUT2D eigenvalue weighted by Crippen LogP contribution is -2.49. The molecule has 0 spiro atoms. The molecule has 0 aliphatic carbocycles. The molecule has 0 aromatic heterocycles. The highest BCUT2D eigenvalue weighted by Crippen LogP contribution is 2.21. The lowest BCUT2D eigenvalue weighted by molar-refractivity contribution is -0.129. The van der Waals surface area contributed by atoms with Crippen LogP contribution in [0.15, 0.2) is 53.4 Å². The predicted octanol–water partition coefficient (Wildman–Crippen LogP) is 2.60. The summed E-state index contributed by atoms with van der Waals surface area (Å²) in [5.74, 6) is -1.06. The van der Waals surface area contributed by atoms with Gasteiger partial charge in [-0.05, 0) is 48.9 Å². The van der Waals surface area contributed by atoms with Gasteiger partial charge in [-0.25, -0.2) is 17.6 Å². The third-order valence-electron chi connectivity index (χ3n) is 5.03. The van der Waals surface area contributed by atoms with E-state index in [2.05, 4.69) is 0 Å². The maximum Gasteiger partial charge on any atom is 0.338 e. The number of hydrogen-bond acceptors (Lipinski definition) is 5. The number of esters is 1. The SMILES string of the molecule is CC(=O)N1CCN(S(=O)(=O)c2ccc(C(=O)OC(C)c3ccc(F)cc3)cc2)CC1. The molecule has 1 aliphatic rings. The van der Waals surface area contributed by atoms with E-state index in [4.69, 9.17) is 4.74 Å². The molecule has 3 rings (SSSR count). The van der Waals surface area contributed by atoms with Crippen molar-refractivity contribution in [2.75, 3.05) is 26.2 Å². The van der Waals surface area contributed by atoms with Crippen molar-refractivity contribution in [1.29, 1.82) is 0 Å². The Morgan fingerprint density at radius 3 is 2.07 bits per heavy atom. The third kappa shape index (κ3) is 4.85. The number of hydrogen-bond donors (Lipinski definition) is 0. The lowest BCUT2D eigenvalue weighted by Gasteiger charge is -2.33. The van der Waals surface area contributed by atoms with E-state index < -0.39 is 22.1 Å². The van der Waals surface area contributed by atoms with Gasteiger partial charge < -0.3 is 9.64 Å². The van der Waals surface area contributed by atoms with Crippen LogP contribution in [0.3, 0.4) is 0 Å². The van der Waals surface area contributed by atoms with Crippen molar-refractivity contribution in [3.63, 3.8) is 0 Å². The van der Waals surface area contributed by atoms with Crippen LogP contribution in [-0.2, 0) is 19.6 Å². The minimum atomic E-state index is -3.72. The van der Waals surface area contributed by atoms with Gasteiger partial charge in [-0.1, -0.05) is 12.1 Å². The van der Waals surface area contributed by atoms with Crippen LogP contribution in [0.5, 0.6) is 0 Å². The number of halogens is 1. The van der Waals surface area contributed by atoms with Crippen molar-refractivity contribution in [2.45, 2.75) is 24.8 Å². The molecule has 2 aromatic carbocycles. The zero-order valence-electron chi connectivity index (χ0n) is 16.7. The van der Waals surface area contributed by atoms with Crippen LogP contribution < -0.4 is 0 Å². The first-order valence-electron chi connectivity index (χ1n) is 9.50. The number of carbonyl (C=O) groups excluding carboxylic acids is 2. The topological polar surface area (TPSA) is 84.0 Å². The molecule has 1 heterocycles. The molecule has 0 bridgehead atoms. The van der Waals surface area contributed by atoms with Gasteiger partial charge in [0.05, 0.1) is 10.5 Å². The largest absolute Gasteiger partial charge is 0.454 e. The summed E-state index contributed by atoms with van der Waals surface area (Å²) in [4.78, 5) is 25.4. The summed E-state index contributed by atoms with van der Waals surface area (Å²) in [5.41, 5.74) is 0.859. The standard InChI is InChI=1S/C21H23FN2O5S/c1-15(17-3-7-19(22)8-4-17)29-21(26)18-5-9-20(10-6-18)30(27,28)24-13-11-23(12-14-24)16(2)25/h3-10,15H,11-14H2,1-2H3. The highest BCUT2D eigenvalue weighted by atomic mass is 32.2. The molecule has 1 unspecified atom stereocenters. The molecule has 1 atom stereocenters. The molecular weight excluding hydrogens is 411 g/mol. The summed E-state index contributed by atoms with van der Waals surface area (Å²) >= 11 is 0. The smallest absolute Gasteiger partial charge is 0.338 e. The van der Waals surface area contributed by atoms with Gasteiger partial charge in [0.1, 0.15) is 11.9 Å². The number of benzene rings is 2. The van der Waals surface area contributed by atoms with Gasteiger partial charge in [0.2, 0.25) is 15.9 Å². The first-order valence-corrected chi connectivity index (χ1v) is 10.9. The Hall–Kier alpha value is -2.78. The molecule has 9 heteroatoms. The summed E-state index contributed by atoms with van der Waals surface area (Å²) in [6.07, 6.45) is -0.584. The quantitative estimate of drug-likeness (QED) is 0.676. The molecule has 0 radical (unpaired) electrons. The molecule has 1 aliphatic heterocycles. The zero-order valence-corrected chi connectivity index (χ0v) is 17.6. The maximum atomic E-state index is 13.0. The number of amides is 1. The molecular formula is C21H23FN2O5S. The average molecular weight is 434 g/mol. The van der Waals surface area contributed by atoms with E-state index in [1.807, 2.05) is 0 Å². The number of carbonyl (C=O) groups is 2. The Kier molecular flexibility index (Phi) is 6.52. The minimum Gasteiger partial charge on any atom is -0.454 e. The number of rotatable bonds is 5. The second-order valence-corrected chi connectivity index (χ2v) is 8.97. The fourth-order valence-electron chi connectivity index (χ4n) is 3.19. The van der Waals surface area contributed by atoms with E-state index in [-0.39, 0.29) is 35.3 Å². The second-order valence-electron chi connectivity index (χ2n) is 7.03. The summed E-state index contributed by atoms with van der Waals surface area (Å²) in [7, 11) is -3.72. The Morgan fingerprint density at radius 2 is 1.53 bits per heavy atom. The Morgan fingerprint density at radius 1 is 0.967 bits per heavy atom. The Labute approximate surface area is 175 Å². The molecule has 1 saturated heterocycles. The fourth-order valence-corrected chi connectivity index (χ4v) is 4.61. The van der Waals surface area contributed by atoms with Gasteiger partial charge in [-0.3, -0.25) is 4.79 Å². The van der Waals surface area contributed by atoms with Gasteiger partial charge in [0.15, 0.2) is 0 Å². The minimum absolute atomic E-state index is 0.0712. The summed E-state index contributed by atoms with van der Waals surface area (Å²) in [6.45, 7) is 4.27. The van der Waals surface area contributed by atoms with Crippen LogP contribution >= 0.6 is 0 Å². The van der Waals surface area contributed by atoms with Crippen molar-refractivity contribution < 1.29 is 27.1 Å². The van der Waals surface area contributed by atoms with E-state index in [9.17, 15) is 22.4 Å². The van der Waals surface area contributed by atoms with E-state index >= 15 is 0 Å². The van der Waals surface area contributed by atoms with Crippen molar-refractivity contribution in [2.24, 2.45) is 0 Å². The summed E-state index contributed by atoms with van der Waals surface area (Å²) in [5, 5.41) is 0. The third-order valence-corrected chi connectivity index (χ3v) is 6.95. The maximum absolute atomic E-state index is 13.0. The summed E-state index contributed by atoms with van der Waals surface area (Å²) in [6, 6.07) is 11.2. The van der Waals surface area contributed by atoms with Crippen LogP contribution in [0.1, 0.15) is 35.9 Å². The molecule has 1 amide bonds. The van der Waals surface area contributed by atoms with E-state index in [0.717, 1.165) is 0 Å². The Balaban J connectivity index is 1.65. The first-order chi connectivity index (χ1) is 14.2. The van der Waals surface area contributed by atoms with E-state index in [1.54, 1.807) is 11.8 Å². The highest BCUT2D eigenvalue weighted by Gasteiger charge is 2.29. The van der Waals surface area contributed by atoms with Crippen molar-refractivity contribution in [3.05, 3.63) is 65.5 Å². The van der Waals surface area contributed by atoms with Crippen LogP contribution in [0.25, 0.3) is 0 Å². The van der Waals surface area contributed by atoms with Gasteiger partial charge in [0, 0.05) is 33.1 Å². The molecule has 0 N–H and O–H groups in total. The van der Waals surface area contributed by atoms with Gasteiger partial charge in [-0.2, -0.15) is 4.31 Å². The van der Waals surface area contributed by atoms with E-state index in [1.165, 1.54) is 59.8 Å². The molecule has 2 aromatic rings. The van der Waals surface area contributed by atoms with Crippen LogP contribution in [0.4, 0.5) is 4.39 Å². The number of nitrogens with zero attached hydrogens (tertiary/aromatic N) is 2. The molecule has 1 fully saturated rings. The molecule has 30 heavy (non-hydrogen) atoms. The molecule has 160 valence electrons. The van der Waals surface area contributed by atoms with Crippen LogP contribution in [-0.4, -0.2) is 55.7 Å². The van der Waals surface area contributed by atoms with Crippen molar-refractivity contribution in [3.8, 4) is 0 Å². The average Bonchev–Trinajstić information content (AvgIpc) is 2.74. The predicted molar refractivity (Wildman–Crippen MR) is 108 cm³/mol. The van der Waals surface area contributed by atoms with Gasteiger partial charge >= 0.3 is 5.97 Å². The normalized spacial score (nSPS) is 16.2. The van der Waals surface area contributed by atoms with Gasteiger partial charge in [0.25, 0.3) is 0 Å². The summed E-state index contributed by atoms with van der Waals surface area (Å²) < 4.78 is 45.4. The molecule has 0 saturated carbocycles. The molecule has 7 nitrogen and oxygen atoms in total. The van der Waals surface area contributed by atoms with Crippen molar-refractivity contribution in [1.82, 2.24) is 9.21 Å². The highest BCUT2D eigenvalue weighted by molar-refractivity contribution is 7.89. The van der Waals surface area contributed by atoms with E-state index in [0.29, 0.717) is 18.7 Å². The number of piperazine rings is 1. The van der Waals surface area contributed by atoms with Gasteiger partial charge in [-0.15, -0.1) is 0 Å². The number of ether oxygens (including phenoxy) is 1.